The number of nitrogens with zero attached hydrogens (tertiary/aromatic N) is 1. The number of nitrogens with two attached hydrogens (primary N) is 1. The van der Waals surface area contributed by atoms with Crippen LogP contribution >= 0.6 is 15.9 Å². The fourth-order valence-electron chi connectivity index (χ4n) is 2.69. The third-order valence-electron chi connectivity index (χ3n) is 3.87. The highest BCUT2D eigenvalue weighted by Crippen LogP contribution is 2.37. The predicted octanol–water partition coefficient (Wildman–Crippen LogP) is 2.20. The first-order valence-corrected chi connectivity index (χ1v) is 7.38. The van der Waals surface area contributed by atoms with Gasteiger partial charge in [-0.25, -0.2) is 0 Å². The number of aromatic nitrogens is 1. The van der Waals surface area contributed by atoms with E-state index in [2.05, 4.69) is 25.8 Å². The molecule has 0 saturated heterocycles. The van der Waals surface area contributed by atoms with E-state index in [1.807, 2.05) is 12.3 Å². The summed E-state index contributed by atoms with van der Waals surface area (Å²) in [6, 6.07) is 2.66. The number of hydrogen-bond donors (Lipinski definition) is 2. The molecule has 2 atom stereocenters. The van der Waals surface area contributed by atoms with Gasteiger partial charge in [0.1, 0.15) is 5.69 Å². The zero-order valence-electron chi connectivity index (χ0n) is 10.2. The van der Waals surface area contributed by atoms with Crippen LogP contribution in [0.3, 0.4) is 0 Å². The summed E-state index contributed by atoms with van der Waals surface area (Å²) in [5, 5.41) is 3.08. The number of halogens is 1. The van der Waals surface area contributed by atoms with Crippen LogP contribution in [0.15, 0.2) is 16.7 Å². The molecule has 2 aliphatic rings. The van der Waals surface area contributed by atoms with Gasteiger partial charge < -0.3 is 15.6 Å². The van der Waals surface area contributed by atoms with Crippen molar-refractivity contribution in [2.75, 3.05) is 0 Å². The van der Waals surface area contributed by atoms with Gasteiger partial charge in [-0.05, 0) is 54.1 Å². The van der Waals surface area contributed by atoms with Crippen molar-refractivity contribution in [3.63, 3.8) is 0 Å². The summed E-state index contributed by atoms with van der Waals surface area (Å²) in [6.45, 7) is 0. The van der Waals surface area contributed by atoms with Crippen molar-refractivity contribution in [1.82, 2.24) is 9.88 Å². The summed E-state index contributed by atoms with van der Waals surface area (Å²) in [4.78, 5) is 12.3. The van der Waals surface area contributed by atoms with Gasteiger partial charge in [-0.2, -0.15) is 0 Å². The molecular weight excluding hydrogens is 294 g/mol. The van der Waals surface area contributed by atoms with Crippen molar-refractivity contribution >= 4 is 21.8 Å². The number of rotatable bonds is 3. The van der Waals surface area contributed by atoms with Crippen LogP contribution in [0.4, 0.5) is 0 Å². The lowest BCUT2D eigenvalue weighted by Crippen LogP contribution is -2.44. The van der Waals surface area contributed by atoms with Gasteiger partial charge in [0.05, 0.1) is 0 Å². The van der Waals surface area contributed by atoms with Crippen molar-refractivity contribution in [1.29, 1.82) is 0 Å². The minimum atomic E-state index is 0.00921. The third-order valence-corrected chi connectivity index (χ3v) is 4.31. The topological polar surface area (TPSA) is 60.0 Å². The average Bonchev–Trinajstić information content (AvgIpc) is 3.00. The molecule has 4 nitrogen and oxygen atoms in total. The Morgan fingerprint density at radius 3 is 2.78 bits per heavy atom. The molecule has 0 radical (unpaired) electrons. The van der Waals surface area contributed by atoms with Crippen LogP contribution < -0.4 is 11.1 Å². The summed E-state index contributed by atoms with van der Waals surface area (Å²) in [6.07, 6.45) is 7.46. The monoisotopic (exact) mass is 311 g/mol. The van der Waals surface area contributed by atoms with Gasteiger partial charge in [-0.15, -0.1) is 0 Å². The quantitative estimate of drug-likeness (QED) is 0.899. The number of carbonyl (C=O) groups is 1. The minimum Gasteiger partial charge on any atom is -0.346 e. The molecule has 0 aromatic carbocycles. The molecular formula is C13H18BrN3O. The lowest BCUT2D eigenvalue weighted by molar-refractivity contribution is 0.0925. The van der Waals surface area contributed by atoms with Crippen LogP contribution in [-0.4, -0.2) is 22.6 Å². The fourth-order valence-corrected chi connectivity index (χ4v) is 3.13. The second-order valence-corrected chi connectivity index (χ2v) is 6.27. The Hall–Kier alpha value is -0.810. The van der Waals surface area contributed by atoms with Gasteiger partial charge in [0, 0.05) is 28.8 Å². The molecule has 98 valence electrons. The van der Waals surface area contributed by atoms with Gasteiger partial charge in [0.2, 0.25) is 0 Å². The third kappa shape index (κ3) is 2.34. The zero-order valence-corrected chi connectivity index (χ0v) is 11.8. The highest BCUT2D eigenvalue weighted by atomic mass is 79.9. The summed E-state index contributed by atoms with van der Waals surface area (Å²) in [7, 11) is 0. The Labute approximate surface area is 115 Å². The Kier molecular flexibility index (Phi) is 3.20. The number of nitrogens with one attached hydrogen (secondary N) is 1. The second kappa shape index (κ2) is 4.70. The molecule has 2 saturated carbocycles. The molecule has 2 aliphatic carbocycles. The van der Waals surface area contributed by atoms with Crippen molar-refractivity contribution in [2.24, 2.45) is 5.73 Å². The van der Waals surface area contributed by atoms with E-state index < -0.39 is 0 Å². The number of carbonyl (C=O) groups excluding carboxylic acids is 1. The van der Waals surface area contributed by atoms with E-state index in [1.165, 1.54) is 12.8 Å². The molecule has 1 aromatic rings. The SMILES string of the molecule is NC1CCCC1NC(=O)c1cc(Br)cn1C1CC1. The van der Waals surface area contributed by atoms with Gasteiger partial charge in [0.15, 0.2) is 0 Å². The number of amides is 1. The van der Waals surface area contributed by atoms with Crippen molar-refractivity contribution in [2.45, 2.75) is 50.2 Å². The number of hydrogen-bond acceptors (Lipinski definition) is 2. The van der Waals surface area contributed by atoms with E-state index >= 15 is 0 Å². The van der Waals surface area contributed by atoms with Gasteiger partial charge >= 0.3 is 0 Å². The maximum Gasteiger partial charge on any atom is 0.268 e. The normalized spacial score (nSPS) is 27.4. The fraction of sp³-hybridized carbons (Fsp3) is 0.615. The smallest absolute Gasteiger partial charge is 0.268 e. The second-order valence-electron chi connectivity index (χ2n) is 5.36. The van der Waals surface area contributed by atoms with E-state index in [0.29, 0.717) is 6.04 Å². The lowest BCUT2D eigenvalue weighted by atomic mass is 10.2. The standard InChI is InChI=1S/C13H18BrN3O/c14-8-6-12(17(7-8)9-4-5-9)13(18)16-11-3-1-2-10(11)15/h6-7,9-11H,1-5,15H2,(H,16,18). The Morgan fingerprint density at radius 2 is 2.17 bits per heavy atom. The van der Waals surface area contributed by atoms with E-state index in [9.17, 15) is 4.79 Å². The molecule has 1 aromatic heterocycles. The Morgan fingerprint density at radius 1 is 1.39 bits per heavy atom. The molecule has 0 aliphatic heterocycles. The molecule has 0 spiro atoms. The van der Waals surface area contributed by atoms with E-state index in [1.54, 1.807) is 0 Å². The Balaban J connectivity index is 1.75. The first-order chi connectivity index (χ1) is 8.65. The summed E-state index contributed by atoms with van der Waals surface area (Å²) >= 11 is 3.45. The molecule has 1 heterocycles. The van der Waals surface area contributed by atoms with E-state index in [-0.39, 0.29) is 18.0 Å². The maximum atomic E-state index is 12.3. The average molecular weight is 312 g/mol. The van der Waals surface area contributed by atoms with E-state index in [0.717, 1.165) is 29.4 Å². The van der Waals surface area contributed by atoms with Crippen LogP contribution in [0.2, 0.25) is 0 Å². The summed E-state index contributed by atoms with van der Waals surface area (Å²) in [5.74, 6) is 0.00921. The molecule has 5 heteroatoms. The molecule has 3 N–H and O–H groups in total. The molecule has 2 unspecified atom stereocenters. The highest BCUT2D eigenvalue weighted by molar-refractivity contribution is 9.10. The zero-order chi connectivity index (χ0) is 12.7. The maximum absolute atomic E-state index is 12.3. The predicted molar refractivity (Wildman–Crippen MR) is 73.5 cm³/mol. The van der Waals surface area contributed by atoms with Gasteiger partial charge in [-0.3, -0.25) is 4.79 Å². The summed E-state index contributed by atoms with van der Waals surface area (Å²) < 4.78 is 3.05. The molecule has 3 rings (SSSR count). The van der Waals surface area contributed by atoms with E-state index in [4.69, 9.17) is 5.73 Å². The van der Waals surface area contributed by atoms with Crippen molar-refractivity contribution in [3.05, 3.63) is 22.4 Å². The highest BCUT2D eigenvalue weighted by Gasteiger charge is 2.30. The molecule has 1 amide bonds. The first kappa shape index (κ1) is 12.2. The van der Waals surface area contributed by atoms with Crippen LogP contribution in [0.5, 0.6) is 0 Å². The van der Waals surface area contributed by atoms with Crippen LogP contribution in [0.1, 0.15) is 48.6 Å². The lowest BCUT2D eigenvalue weighted by Gasteiger charge is -2.17. The molecule has 0 bridgehead atoms. The summed E-state index contributed by atoms with van der Waals surface area (Å²) in [5.41, 5.74) is 6.74. The first-order valence-electron chi connectivity index (χ1n) is 6.59. The molecule has 2 fully saturated rings. The van der Waals surface area contributed by atoms with Gasteiger partial charge in [0.25, 0.3) is 5.91 Å². The minimum absolute atomic E-state index is 0.00921. The Bertz CT molecular complexity index is 467. The largest absolute Gasteiger partial charge is 0.346 e. The van der Waals surface area contributed by atoms with Gasteiger partial charge in [-0.1, -0.05) is 0 Å². The van der Waals surface area contributed by atoms with Crippen LogP contribution in [-0.2, 0) is 0 Å². The van der Waals surface area contributed by atoms with Crippen molar-refractivity contribution < 1.29 is 4.79 Å². The van der Waals surface area contributed by atoms with Crippen LogP contribution in [0, 0.1) is 0 Å². The van der Waals surface area contributed by atoms with Crippen LogP contribution in [0.25, 0.3) is 0 Å². The molecule has 18 heavy (non-hydrogen) atoms. The van der Waals surface area contributed by atoms with Crippen molar-refractivity contribution in [3.8, 4) is 0 Å².